The maximum absolute atomic E-state index is 13.2. The van der Waals surface area contributed by atoms with Crippen molar-refractivity contribution in [3.05, 3.63) is 69.0 Å². The van der Waals surface area contributed by atoms with Crippen molar-refractivity contribution in [1.82, 2.24) is 10.2 Å². The number of ether oxygens (including phenoxy) is 1. The minimum atomic E-state index is -0.732. The molecule has 1 amide bonds. The predicted molar refractivity (Wildman–Crippen MR) is 114 cm³/mol. The number of fused-ring (bicyclic) bond motifs is 2. The third-order valence-corrected chi connectivity index (χ3v) is 6.26. The SMILES string of the molecule is O=C(COc1ccc(F)cc1[N+](=O)[O-])N[C@H]1C[C@H]2CC[C@@H](C1)N2Cc1ccc(Cl)cc1. The van der Waals surface area contributed by atoms with Crippen molar-refractivity contribution in [3.8, 4) is 5.75 Å². The van der Waals surface area contributed by atoms with Crippen molar-refractivity contribution in [2.24, 2.45) is 0 Å². The number of piperidine rings is 1. The summed E-state index contributed by atoms with van der Waals surface area (Å²) >= 11 is 5.97. The van der Waals surface area contributed by atoms with Gasteiger partial charge in [-0.2, -0.15) is 0 Å². The van der Waals surface area contributed by atoms with Gasteiger partial charge in [0.1, 0.15) is 5.82 Å². The highest BCUT2D eigenvalue weighted by Gasteiger charge is 2.40. The lowest BCUT2D eigenvalue weighted by Crippen LogP contribution is -2.50. The monoisotopic (exact) mass is 447 g/mol. The minimum absolute atomic E-state index is 0.0401. The summed E-state index contributed by atoms with van der Waals surface area (Å²) < 4.78 is 18.5. The maximum Gasteiger partial charge on any atom is 0.313 e. The van der Waals surface area contributed by atoms with E-state index in [4.69, 9.17) is 16.3 Å². The molecule has 2 saturated heterocycles. The molecular weight excluding hydrogens is 425 g/mol. The Morgan fingerprint density at radius 3 is 2.52 bits per heavy atom. The highest BCUT2D eigenvalue weighted by Crippen LogP contribution is 2.37. The summed E-state index contributed by atoms with van der Waals surface area (Å²) in [7, 11) is 0. The van der Waals surface area contributed by atoms with Gasteiger partial charge in [-0.05, 0) is 55.5 Å². The van der Waals surface area contributed by atoms with Gasteiger partial charge in [-0.25, -0.2) is 4.39 Å². The fraction of sp³-hybridized carbons (Fsp3) is 0.409. The average molecular weight is 448 g/mol. The lowest BCUT2D eigenvalue weighted by molar-refractivity contribution is -0.386. The number of nitro groups is 1. The van der Waals surface area contributed by atoms with Crippen molar-refractivity contribution in [2.45, 2.75) is 50.4 Å². The number of carbonyl (C=O) groups is 1. The molecule has 0 spiro atoms. The molecule has 9 heteroatoms. The Bertz CT molecular complexity index is 958. The molecule has 0 saturated carbocycles. The van der Waals surface area contributed by atoms with Crippen LogP contribution < -0.4 is 10.1 Å². The fourth-order valence-electron chi connectivity index (χ4n) is 4.62. The normalized spacial score (nSPS) is 22.8. The van der Waals surface area contributed by atoms with Gasteiger partial charge in [-0.1, -0.05) is 23.7 Å². The maximum atomic E-state index is 13.2. The first-order chi connectivity index (χ1) is 14.9. The second kappa shape index (κ2) is 9.20. The number of amides is 1. The van der Waals surface area contributed by atoms with Crippen LogP contribution >= 0.6 is 11.6 Å². The third kappa shape index (κ3) is 5.14. The number of hydrogen-bond donors (Lipinski definition) is 1. The van der Waals surface area contributed by atoms with E-state index in [0.29, 0.717) is 12.1 Å². The van der Waals surface area contributed by atoms with Crippen molar-refractivity contribution >= 4 is 23.2 Å². The van der Waals surface area contributed by atoms with Gasteiger partial charge < -0.3 is 10.1 Å². The molecule has 2 heterocycles. The summed E-state index contributed by atoms with van der Waals surface area (Å²) in [6.07, 6.45) is 3.91. The Morgan fingerprint density at radius 1 is 1.19 bits per heavy atom. The van der Waals surface area contributed by atoms with Gasteiger partial charge in [-0.3, -0.25) is 19.8 Å². The molecule has 0 unspecified atom stereocenters. The number of nitro benzene ring substituents is 1. The van der Waals surface area contributed by atoms with E-state index in [1.54, 1.807) is 0 Å². The number of rotatable bonds is 7. The number of benzene rings is 2. The van der Waals surface area contributed by atoms with Crippen molar-refractivity contribution in [1.29, 1.82) is 0 Å². The minimum Gasteiger partial charge on any atom is -0.477 e. The van der Waals surface area contributed by atoms with Gasteiger partial charge in [0.05, 0.1) is 11.0 Å². The molecule has 2 aromatic rings. The molecule has 2 aliphatic heterocycles. The number of carbonyl (C=O) groups excluding carboxylic acids is 1. The summed E-state index contributed by atoms with van der Waals surface area (Å²) in [5.74, 6) is -1.20. The van der Waals surface area contributed by atoms with Crippen LogP contribution in [0.2, 0.25) is 5.02 Å². The number of halogens is 2. The van der Waals surface area contributed by atoms with Crippen molar-refractivity contribution in [3.63, 3.8) is 0 Å². The van der Waals surface area contributed by atoms with E-state index in [0.717, 1.165) is 55.4 Å². The van der Waals surface area contributed by atoms with E-state index in [2.05, 4.69) is 10.2 Å². The molecule has 2 fully saturated rings. The first kappa shape index (κ1) is 21.5. The summed E-state index contributed by atoms with van der Waals surface area (Å²) in [6, 6.07) is 11.7. The molecule has 7 nitrogen and oxygen atoms in total. The Balaban J connectivity index is 1.30. The standard InChI is InChI=1S/C22H23ClFN3O4/c23-15-3-1-14(2-4-15)12-26-18-6-7-19(26)11-17(10-18)25-22(28)13-31-21-8-5-16(24)9-20(21)27(29)30/h1-5,8-9,17-19H,6-7,10-13H2,(H,25,28)/t17-,18+,19-. The highest BCUT2D eigenvalue weighted by molar-refractivity contribution is 6.30. The van der Waals surface area contributed by atoms with E-state index in [-0.39, 0.29) is 24.3 Å². The van der Waals surface area contributed by atoms with E-state index >= 15 is 0 Å². The molecule has 3 atom stereocenters. The molecule has 164 valence electrons. The van der Waals surface area contributed by atoms with E-state index in [9.17, 15) is 19.3 Å². The van der Waals surface area contributed by atoms with Gasteiger partial charge in [0.2, 0.25) is 0 Å². The summed E-state index contributed by atoms with van der Waals surface area (Å²) in [5, 5.41) is 14.8. The second-order valence-electron chi connectivity index (χ2n) is 8.08. The fourth-order valence-corrected chi connectivity index (χ4v) is 4.74. The van der Waals surface area contributed by atoms with Crippen LogP contribution in [0, 0.1) is 15.9 Å². The third-order valence-electron chi connectivity index (χ3n) is 6.00. The number of hydrogen-bond acceptors (Lipinski definition) is 5. The average Bonchev–Trinajstić information content (AvgIpc) is 2.96. The first-order valence-corrected chi connectivity index (χ1v) is 10.6. The zero-order valence-corrected chi connectivity index (χ0v) is 17.6. The van der Waals surface area contributed by atoms with Crippen LogP contribution in [0.3, 0.4) is 0 Å². The Kier molecular flexibility index (Phi) is 6.38. The van der Waals surface area contributed by atoms with Crippen molar-refractivity contribution in [2.75, 3.05) is 6.61 Å². The zero-order chi connectivity index (χ0) is 22.0. The van der Waals surface area contributed by atoms with Crippen LogP contribution in [0.1, 0.15) is 31.2 Å². The van der Waals surface area contributed by atoms with Crippen LogP contribution in [0.15, 0.2) is 42.5 Å². The van der Waals surface area contributed by atoms with Crippen LogP contribution in [0.25, 0.3) is 0 Å². The quantitative estimate of drug-likeness (QED) is 0.510. The Labute approximate surface area is 184 Å². The van der Waals surface area contributed by atoms with E-state index in [1.165, 1.54) is 5.56 Å². The number of nitrogens with one attached hydrogen (secondary N) is 1. The molecule has 0 aromatic heterocycles. The van der Waals surface area contributed by atoms with Gasteiger partial charge in [0, 0.05) is 29.7 Å². The van der Waals surface area contributed by atoms with Gasteiger partial charge in [0.15, 0.2) is 12.4 Å². The van der Waals surface area contributed by atoms with Crippen LogP contribution in [0.5, 0.6) is 5.75 Å². The largest absolute Gasteiger partial charge is 0.477 e. The van der Waals surface area contributed by atoms with Crippen LogP contribution in [-0.4, -0.2) is 40.5 Å². The topological polar surface area (TPSA) is 84.7 Å². The van der Waals surface area contributed by atoms with Crippen molar-refractivity contribution < 1.29 is 18.8 Å². The molecule has 1 N–H and O–H groups in total. The molecule has 2 aromatic carbocycles. The molecule has 2 aliphatic rings. The Morgan fingerprint density at radius 2 is 1.87 bits per heavy atom. The molecule has 31 heavy (non-hydrogen) atoms. The Hall–Kier alpha value is -2.71. The summed E-state index contributed by atoms with van der Waals surface area (Å²) in [6.45, 7) is 0.511. The molecule has 2 bridgehead atoms. The van der Waals surface area contributed by atoms with Gasteiger partial charge in [0.25, 0.3) is 5.91 Å². The molecular formula is C22H23ClFN3O4. The lowest BCUT2D eigenvalue weighted by Gasteiger charge is -2.39. The van der Waals surface area contributed by atoms with E-state index < -0.39 is 16.4 Å². The second-order valence-corrected chi connectivity index (χ2v) is 8.51. The first-order valence-electron chi connectivity index (χ1n) is 10.3. The van der Waals surface area contributed by atoms with E-state index in [1.807, 2.05) is 24.3 Å². The molecule has 0 radical (unpaired) electrons. The van der Waals surface area contributed by atoms with Crippen LogP contribution in [-0.2, 0) is 11.3 Å². The van der Waals surface area contributed by atoms with Gasteiger partial charge >= 0.3 is 5.69 Å². The predicted octanol–water partition coefficient (Wildman–Crippen LogP) is 4.08. The lowest BCUT2D eigenvalue weighted by atomic mass is 9.96. The smallest absolute Gasteiger partial charge is 0.313 e. The molecule has 4 rings (SSSR count). The molecule has 0 aliphatic carbocycles. The highest BCUT2D eigenvalue weighted by atomic mass is 35.5. The summed E-state index contributed by atoms with van der Waals surface area (Å²) in [5.41, 5.74) is 0.722. The summed E-state index contributed by atoms with van der Waals surface area (Å²) in [4.78, 5) is 25.2. The van der Waals surface area contributed by atoms with Gasteiger partial charge in [-0.15, -0.1) is 0 Å². The zero-order valence-electron chi connectivity index (χ0n) is 16.8. The number of nitrogens with zero attached hydrogens (tertiary/aromatic N) is 2. The van der Waals surface area contributed by atoms with Crippen LogP contribution in [0.4, 0.5) is 10.1 Å².